The zero-order valence-electron chi connectivity index (χ0n) is 17.6. The maximum atomic E-state index is 13.9. The smallest absolute Gasteiger partial charge is 0.226 e. The van der Waals surface area contributed by atoms with Gasteiger partial charge in [-0.15, -0.1) is 0 Å². The molecule has 0 radical (unpaired) electrons. The van der Waals surface area contributed by atoms with Crippen LogP contribution in [-0.2, 0) is 11.4 Å². The van der Waals surface area contributed by atoms with Gasteiger partial charge in [0.15, 0.2) is 17.3 Å². The number of allylic oxidation sites excluding steroid dienone is 2. The molecule has 160 valence electrons. The Bertz CT molecular complexity index is 1160. The lowest BCUT2D eigenvalue weighted by molar-refractivity contribution is -0.114. The predicted molar refractivity (Wildman–Crippen MR) is 114 cm³/mol. The fourth-order valence-corrected chi connectivity index (χ4v) is 3.71. The van der Waals surface area contributed by atoms with E-state index in [1.165, 1.54) is 19.3 Å². The van der Waals surface area contributed by atoms with E-state index in [-0.39, 0.29) is 18.2 Å². The average Bonchev–Trinajstić information content (AvgIpc) is 3.21. The first-order valence-corrected chi connectivity index (χ1v) is 10.0. The average molecular weight is 422 g/mol. The number of hydrogen-bond donors (Lipinski definition) is 1. The van der Waals surface area contributed by atoms with Gasteiger partial charge in [-0.25, -0.2) is 9.07 Å². The van der Waals surface area contributed by atoms with Crippen molar-refractivity contribution in [2.75, 3.05) is 11.9 Å². The number of halogens is 1. The molecule has 31 heavy (non-hydrogen) atoms. The Morgan fingerprint density at radius 1 is 1.19 bits per heavy atom. The zero-order valence-corrected chi connectivity index (χ0v) is 17.6. The molecular weight excluding hydrogens is 399 g/mol. The van der Waals surface area contributed by atoms with Gasteiger partial charge in [0.05, 0.1) is 6.61 Å². The van der Waals surface area contributed by atoms with E-state index in [1.807, 2.05) is 26.0 Å². The van der Waals surface area contributed by atoms with Crippen LogP contribution in [-0.4, -0.2) is 27.2 Å². The third-order valence-corrected chi connectivity index (χ3v) is 5.10. The summed E-state index contributed by atoms with van der Waals surface area (Å²) in [4.78, 5) is 16.7. The number of carbonyl (C=O) groups excluding carboxylic acids is 1. The first-order chi connectivity index (χ1) is 15.0. The lowest BCUT2D eigenvalue weighted by Gasteiger charge is -2.28. The number of fused-ring (bicyclic) bond motifs is 1. The minimum atomic E-state index is -0.448. The number of rotatable bonds is 7. The van der Waals surface area contributed by atoms with Crippen LogP contribution >= 0.6 is 0 Å². The Hall–Kier alpha value is -3.68. The van der Waals surface area contributed by atoms with Crippen molar-refractivity contribution in [3.63, 3.8) is 0 Å². The van der Waals surface area contributed by atoms with E-state index in [2.05, 4.69) is 15.4 Å². The van der Waals surface area contributed by atoms with E-state index in [0.29, 0.717) is 35.2 Å². The van der Waals surface area contributed by atoms with Gasteiger partial charge in [0.25, 0.3) is 0 Å². The van der Waals surface area contributed by atoms with Crippen molar-refractivity contribution in [1.82, 2.24) is 14.8 Å². The molecule has 0 saturated heterocycles. The van der Waals surface area contributed by atoms with Crippen molar-refractivity contribution in [2.24, 2.45) is 0 Å². The second-order valence-electron chi connectivity index (χ2n) is 7.17. The molecule has 0 fully saturated rings. The van der Waals surface area contributed by atoms with Crippen LogP contribution in [0.3, 0.4) is 0 Å². The van der Waals surface area contributed by atoms with Crippen molar-refractivity contribution in [1.29, 1.82) is 0 Å². The molecule has 2 heterocycles. The highest BCUT2D eigenvalue weighted by Gasteiger charge is 2.32. The molecule has 1 atom stereocenters. The molecule has 0 spiro atoms. The normalized spacial score (nSPS) is 15.3. The molecule has 7 nitrogen and oxygen atoms in total. The number of hydrogen-bond acceptors (Lipinski definition) is 6. The van der Waals surface area contributed by atoms with Crippen molar-refractivity contribution in [3.05, 3.63) is 77.0 Å². The van der Waals surface area contributed by atoms with Crippen molar-refractivity contribution >= 4 is 11.7 Å². The van der Waals surface area contributed by atoms with Gasteiger partial charge in [0, 0.05) is 16.8 Å². The van der Waals surface area contributed by atoms with Crippen LogP contribution in [0.2, 0.25) is 0 Å². The summed E-state index contributed by atoms with van der Waals surface area (Å²) in [6, 6.07) is 11.5. The maximum Gasteiger partial charge on any atom is 0.226 e. The second-order valence-corrected chi connectivity index (χ2v) is 7.17. The molecule has 1 aromatic heterocycles. The van der Waals surface area contributed by atoms with E-state index < -0.39 is 6.04 Å². The van der Waals surface area contributed by atoms with Crippen molar-refractivity contribution < 1.29 is 18.7 Å². The summed E-state index contributed by atoms with van der Waals surface area (Å²) < 4.78 is 27.3. The molecular formula is C23H23FN4O3. The molecule has 1 aliphatic heterocycles. The van der Waals surface area contributed by atoms with Gasteiger partial charge in [-0.1, -0.05) is 24.3 Å². The first-order valence-electron chi connectivity index (χ1n) is 10.0. The van der Waals surface area contributed by atoms with Gasteiger partial charge in [-0.3, -0.25) is 4.79 Å². The standard InChI is InChI=1S/C23H23FN4O3/c1-4-30-20-11-16(9-10-19(20)31-12-17-7-5-6-8-18(17)24)22-21(15(3)29)14(2)27-23-25-13-26-28(22)23/h5-11,13,22H,4,12H2,1-3H3,(H,25,26,27). The number of nitrogens with one attached hydrogen (secondary N) is 1. The van der Waals surface area contributed by atoms with Gasteiger partial charge in [0.1, 0.15) is 24.8 Å². The number of Topliss-reactive ketones (excluding diaryl/α,β-unsaturated/α-hetero) is 1. The monoisotopic (exact) mass is 422 g/mol. The van der Waals surface area contributed by atoms with Gasteiger partial charge in [-0.05, 0) is 44.5 Å². The van der Waals surface area contributed by atoms with Gasteiger partial charge < -0.3 is 14.8 Å². The number of benzene rings is 2. The molecule has 0 bridgehead atoms. The Labute approximate surface area is 179 Å². The highest BCUT2D eigenvalue weighted by Crippen LogP contribution is 2.39. The van der Waals surface area contributed by atoms with Crippen LogP contribution in [0.4, 0.5) is 10.3 Å². The van der Waals surface area contributed by atoms with Crippen molar-refractivity contribution in [3.8, 4) is 11.5 Å². The number of nitrogens with zero attached hydrogens (tertiary/aromatic N) is 3. The number of carbonyl (C=O) groups is 1. The minimum absolute atomic E-state index is 0.0611. The lowest BCUT2D eigenvalue weighted by atomic mass is 9.93. The van der Waals surface area contributed by atoms with E-state index in [4.69, 9.17) is 9.47 Å². The van der Waals surface area contributed by atoms with E-state index in [1.54, 1.807) is 28.9 Å². The zero-order chi connectivity index (χ0) is 22.0. The van der Waals surface area contributed by atoms with E-state index in [9.17, 15) is 9.18 Å². The topological polar surface area (TPSA) is 78.3 Å². The quantitative estimate of drug-likeness (QED) is 0.613. The Balaban J connectivity index is 1.70. The summed E-state index contributed by atoms with van der Waals surface area (Å²) in [5.74, 6) is 1.18. The molecule has 3 aromatic rings. The molecule has 0 amide bonds. The van der Waals surface area contributed by atoms with E-state index >= 15 is 0 Å². The van der Waals surface area contributed by atoms with Gasteiger partial charge in [0.2, 0.25) is 5.95 Å². The van der Waals surface area contributed by atoms with Crippen LogP contribution in [0.5, 0.6) is 11.5 Å². The Kier molecular flexibility index (Phi) is 5.70. The summed E-state index contributed by atoms with van der Waals surface area (Å²) in [6.07, 6.45) is 1.45. The van der Waals surface area contributed by atoms with Crippen LogP contribution in [0.1, 0.15) is 37.9 Å². The van der Waals surface area contributed by atoms with Crippen molar-refractivity contribution in [2.45, 2.75) is 33.4 Å². The van der Waals surface area contributed by atoms with Crippen LogP contribution < -0.4 is 14.8 Å². The fourth-order valence-electron chi connectivity index (χ4n) is 3.71. The number of ether oxygens (including phenoxy) is 2. The second kappa shape index (κ2) is 8.59. The molecule has 4 rings (SSSR count). The molecule has 1 unspecified atom stereocenters. The van der Waals surface area contributed by atoms with Crippen LogP contribution in [0.15, 0.2) is 60.1 Å². The SMILES string of the molecule is CCOc1cc(C2C(C(C)=O)=C(C)Nc3ncnn32)ccc1OCc1ccccc1F. The molecule has 1 aliphatic rings. The Morgan fingerprint density at radius 2 is 2.00 bits per heavy atom. The van der Waals surface area contributed by atoms with Gasteiger partial charge in [-0.2, -0.15) is 10.1 Å². The Morgan fingerprint density at radius 3 is 2.74 bits per heavy atom. The first kappa shape index (κ1) is 20.6. The maximum absolute atomic E-state index is 13.9. The van der Waals surface area contributed by atoms with E-state index in [0.717, 1.165) is 11.3 Å². The van der Waals surface area contributed by atoms with Gasteiger partial charge >= 0.3 is 0 Å². The molecule has 0 aliphatic carbocycles. The lowest BCUT2D eigenvalue weighted by Crippen LogP contribution is -2.27. The molecule has 2 aromatic carbocycles. The predicted octanol–water partition coefficient (Wildman–Crippen LogP) is 4.27. The molecule has 0 saturated carbocycles. The number of ketones is 1. The molecule has 1 N–H and O–H groups in total. The summed E-state index contributed by atoms with van der Waals surface area (Å²) in [7, 11) is 0. The van der Waals surface area contributed by atoms with Crippen LogP contribution in [0.25, 0.3) is 0 Å². The summed E-state index contributed by atoms with van der Waals surface area (Å²) >= 11 is 0. The number of aromatic nitrogens is 3. The third-order valence-electron chi connectivity index (χ3n) is 5.10. The number of anilines is 1. The van der Waals surface area contributed by atoms with Crippen LogP contribution in [0, 0.1) is 5.82 Å². The summed E-state index contributed by atoms with van der Waals surface area (Å²) in [6.45, 7) is 5.75. The summed E-state index contributed by atoms with van der Waals surface area (Å²) in [5.41, 5.74) is 2.59. The fraction of sp³-hybridized carbons (Fsp3) is 0.261. The highest BCUT2D eigenvalue weighted by molar-refractivity contribution is 5.96. The highest BCUT2D eigenvalue weighted by atomic mass is 19.1. The third kappa shape index (κ3) is 4.01. The summed E-state index contributed by atoms with van der Waals surface area (Å²) in [5, 5.41) is 7.43. The minimum Gasteiger partial charge on any atom is -0.490 e. The largest absolute Gasteiger partial charge is 0.490 e. The molecule has 8 heteroatoms.